The van der Waals surface area contributed by atoms with Crippen LogP contribution in [0.1, 0.15) is 25.3 Å². The Labute approximate surface area is 149 Å². The summed E-state index contributed by atoms with van der Waals surface area (Å²) in [4.78, 5) is 18.2. The monoisotopic (exact) mass is 367 g/mol. The molecule has 3 rings (SSSR count). The highest BCUT2D eigenvalue weighted by Gasteiger charge is 2.31. The standard InChI is InChI=1S/C17H20F3N5O/c1-12-4-6-24(7-5-12)9-16(26)23-14-8-13(17(18,19)20)2-3-15(14)25-11-21-10-22-25/h2-3,8,10-12H,4-7,9H2,1H3,(H,23,26). The highest BCUT2D eigenvalue weighted by atomic mass is 19.4. The molecule has 0 saturated carbocycles. The smallest absolute Gasteiger partial charge is 0.323 e. The van der Waals surface area contributed by atoms with E-state index in [1.54, 1.807) is 0 Å². The van der Waals surface area contributed by atoms with Crippen molar-refractivity contribution >= 4 is 11.6 Å². The van der Waals surface area contributed by atoms with Gasteiger partial charge in [0.2, 0.25) is 5.91 Å². The third-order valence-electron chi connectivity index (χ3n) is 4.51. The molecule has 6 nitrogen and oxygen atoms in total. The first-order chi connectivity index (χ1) is 12.3. The number of halogens is 3. The molecule has 1 N–H and O–H groups in total. The van der Waals surface area contributed by atoms with Crippen LogP contribution >= 0.6 is 0 Å². The molecule has 2 heterocycles. The fourth-order valence-corrected chi connectivity index (χ4v) is 2.96. The van der Waals surface area contributed by atoms with Crippen molar-refractivity contribution < 1.29 is 18.0 Å². The van der Waals surface area contributed by atoms with E-state index in [4.69, 9.17) is 0 Å². The molecule has 0 bridgehead atoms. The van der Waals surface area contributed by atoms with Gasteiger partial charge in [-0.05, 0) is 50.0 Å². The van der Waals surface area contributed by atoms with Gasteiger partial charge >= 0.3 is 6.18 Å². The van der Waals surface area contributed by atoms with Gasteiger partial charge in [0.15, 0.2) is 0 Å². The van der Waals surface area contributed by atoms with E-state index in [0.717, 1.165) is 38.1 Å². The highest BCUT2D eigenvalue weighted by Crippen LogP contribution is 2.33. The summed E-state index contributed by atoms with van der Waals surface area (Å²) in [6.45, 7) is 3.95. The van der Waals surface area contributed by atoms with Crippen LogP contribution in [-0.4, -0.2) is 45.2 Å². The van der Waals surface area contributed by atoms with E-state index in [-0.39, 0.29) is 18.1 Å². The molecule has 0 spiro atoms. The Morgan fingerprint density at radius 2 is 2.04 bits per heavy atom. The third-order valence-corrected chi connectivity index (χ3v) is 4.51. The van der Waals surface area contributed by atoms with Crippen molar-refractivity contribution in [1.82, 2.24) is 19.7 Å². The molecule has 0 atom stereocenters. The molecule has 2 aromatic rings. The lowest BCUT2D eigenvalue weighted by atomic mass is 9.99. The quantitative estimate of drug-likeness (QED) is 0.903. The molecule has 1 fully saturated rings. The van der Waals surface area contributed by atoms with Crippen LogP contribution in [0.4, 0.5) is 18.9 Å². The number of hydrogen-bond donors (Lipinski definition) is 1. The number of anilines is 1. The number of amides is 1. The number of rotatable bonds is 4. The van der Waals surface area contributed by atoms with E-state index in [1.807, 2.05) is 4.90 Å². The number of piperidine rings is 1. The van der Waals surface area contributed by atoms with E-state index >= 15 is 0 Å². The van der Waals surface area contributed by atoms with Crippen molar-refractivity contribution in [3.8, 4) is 5.69 Å². The summed E-state index contributed by atoms with van der Waals surface area (Å²) in [5.74, 6) is 0.289. The molecule has 1 saturated heterocycles. The molecule has 1 aliphatic heterocycles. The lowest BCUT2D eigenvalue weighted by molar-refractivity contribution is -0.137. The number of likely N-dealkylation sites (tertiary alicyclic amines) is 1. The minimum Gasteiger partial charge on any atom is -0.323 e. The van der Waals surface area contributed by atoms with Gasteiger partial charge < -0.3 is 5.32 Å². The van der Waals surface area contributed by atoms with Crippen molar-refractivity contribution in [2.24, 2.45) is 5.92 Å². The first-order valence-electron chi connectivity index (χ1n) is 8.41. The molecular formula is C17H20F3N5O. The molecule has 26 heavy (non-hydrogen) atoms. The van der Waals surface area contributed by atoms with Crippen LogP contribution in [0.3, 0.4) is 0 Å². The van der Waals surface area contributed by atoms with E-state index in [0.29, 0.717) is 11.6 Å². The first kappa shape index (κ1) is 18.4. The van der Waals surface area contributed by atoms with Crippen LogP contribution in [-0.2, 0) is 11.0 Å². The Morgan fingerprint density at radius 1 is 1.31 bits per heavy atom. The summed E-state index contributed by atoms with van der Waals surface area (Å²) in [6.07, 6.45) is 0.175. The summed E-state index contributed by atoms with van der Waals surface area (Å²) in [7, 11) is 0. The topological polar surface area (TPSA) is 63.1 Å². The largest absolute Gasteiger partial charge is 0.416 e. The van der Waals surface area contributed by atoms with Gasteiger partial charge in [-0.25, -0.2) is 9.67 Å². The Morgan fingerprint density at radius 3 is 2.65 bits per heavy atom. The average molecular weight is 367 g/mol. The van der Waals surface area contributed by atoms with Gasteiger partial charge in [0.05, 0.1) is 23.5 Å². The average Bonchev–Trinajstić information content (AvgIpc) is 3.10. The maximum absolute atomic E-state index is 13.0. The molecule has 1 aliphatic rings. The van der Waals surface area contributed by atoms with Crippen LogP contribution in [0, 0.1) is 5.92 Å². The predicted octanol–water partition coefficient (Wildman–Crippen LogP) is 2.96. The van der Waals surface area contributed by atoms with Crippen molar-refractivity contribution in [3.63, 3.8) is 0 Å². The van der Waals surface area contributed by atoms with Crippen molar-refractivity contribution in [2.75, 3.05) is 25.0 Å². The van der Waals surface area contributed by atoms with Crippen LogP contribution in [0.2, 0.25) is 0 Å². The zero-order valence-electron chi connectivity index (χ0n) is 14.3. The van der Waals surface area contributed by atoms with E-state index in [9.17, 15) is 18.0 Å². The normalized spacial score (nSPS) is 16.6. The van der Waals surface area contributed by atoms with Crippen LogP contribution in [0.15, 0.2) is 30.9 Å². The third kappa shape index (κ3) is 4.40. The molecule has 0 radical (unpaired) electrons. The molecule has 1 aromatic carbocycles. The van der Waals surface area contributed by atoms with Crippen LogP contribution < -0.4 is 5.32 Å². The van der Waals surface area contributed by atoms with E-state index in [1.165, 1.54) is 23.4 Å². The van der Waals surface area contributed by atoms with Crippen LogP contribution in [0.25, 0.3) is 5.69 Å². The maximum Gasteiger partial charge on any atom is 0.416 e. The summed E-state index contributed by atoms with van der Waals surface area (Å²) in [6, 6.07) is 3.15. The molecule has 1 amide bonds. The SMILES string of the molecule is CC1CCN(CC(=O)Nc2cc(C(F)(F)F)ccc2-n2cncn2)CC1. The Kier molecular flexibility index (Phi) is 5.26. The summed E-state index contributed by atoms with van der Waals surface area (Å²) in [5.41, 5.74) is -0.444. The van der Waals surface area contributed by atoms with Gasteiger partial charge in [-0.2, -0.15) is 18.3 Å². The second-order valence-corrected chi connectivity index (χ2v) is 6.58. The fourth-order valence-electron chi connectivity index (χ4n) is 2.96. The van der Waals surface area contributed by atoms with Gasteiger partial charge in [-0.1, -0.05) is 6.92 Å². The van der Waals surface area contributed by atoms with E-state index in [2.05, 4.69) is 22.3 Å². The van der Waals surface area contributed by atoms with Gasteiger partial charge in [0.25, 0.3) is 0 Å². The number of aromatic nitrogens is 3. The Bertz CT molecular complexity index is 752. The van der Waals surface area contributed by atoms with Gasteiger partial charge in [-0.15, -0.1) is 0 Å². The molecular weight excluding hydrogens is 347 g/mol. The number of benzene rings is 1. The Hall–Kier alpha value is -2.42. The maximum atomic E-state index is 13.0. The Balaban J connectivity index is 1.79. The second-order valence-electron chi connectivity index (χ2n) is 6.58. The number of hydrogen-bond acceptors (Lipinski definition) is 4. The molecule has 140 valence electrons. The molecule has 1 aromatic heterocycles. The van der Waals surface area contributed by atoms with Gasteiger partial charge in [0.1, 0.15) is 12.7 Å². The summed E-state index contributed by atoms with van der Waals surface area (Å²) >= 11 is 0. The second kappa shape index (κ2) is 7.45. The molecule has 0 aliphatic carbocycles. The van der Waals surface area contributed by atoms with Crippen molar-refractivity contribution in [3.05, 3.63) is 36.4 Å². The van der Waals surface area contributed by atoms with E-state index < -0.39 is 11.7 Å². The summed E-state index contributed by atoms with van der Waals surface area (Å²) < 4.78 is 40.4. The minimum absolute atomic E-state index is 0.0562. The van der Waals surface area contributed by atoms with Crippen molar-refractivity contribution in [2.45, 2.75) is 25.9 Å². The lowest BCUT2D eigenvalue weighted by Gasteiger charge is -2.29. The highest BCUT2D eigenvalue weighted by molar-refractivity contribution is 5.94. The number of alkyl halides is 3. The zero-order chi connectivity index (χ0) is 18.7. The summed E-state index contributed by atoms with van der Waals surface area (Å²) in [5, 5.41) is 6.53. The lowest BCUT2D eigenvalue weighted by Crippen LogP contribution is -2.38. The first-order valence-corrected chi connectivity index (χ1v) is 8.41. The van der Waals surface area contributed by atoms with Crippen molar-refractivity contribution in [1.29, 1.82) is 0 Å². The van der Waals surface area contributed by atoms with Gasteiger partial charge in [0, 0.05) is 0 Å². The zero-order valence-corrected chi connectivity index (χ0v) is 14.3. The molecule has 0 unspecified atom stereocenters. The van der Waals surface area contributed by atoms with Gasteiger partial charge in [-0.3, -0.25) is 9.69 Å². The number of nitrogens with one attached hydrogen (secondary N) is 1. The fraction of sp³-hybridized carbons (Fsp3) is 0.471. The predicted molar refractivity (Wildman–Crippen MR) is 89.8 cm³/mol. The minimum atomic E-state index is -4.50. The number of carbonyl (C=O) groups excluding carboxylic acids is 1. The number of carbonyl (C=O) groups is 1. The number of nitrogens with zero attached hydrogens (tertiary/aromatic N) is 4. The van der Waals surface area contributed by atoms with Crippen LogP contribution in [0.5, 0.6) is 0 Å². The molecule has 9 heteroatoms.